The van der Waals surface area contributed by atoms with Crippen molar-refractivity contribution in [2.75, 3.05) is 27.2 Å². The molecule has 0 aliphatic heterocycles. The van der Waals surface area contributed by atoms with E-state index in [9.17, 15) is 13.9 Å². The Bertz CT molecular complexity index is 628. The molecule has 2 rings (SSSR count). The molecule has 5 heteroatoms. The molecule has 3 nitrogen and oxygen atoms in total. The van der Waals surface area contributed by atoms with Gasteiger partial charge < -0.3 is 14.7 Å². The Hall–Kier alpha value is -1.98. The molecule has 0 fully saturated rings. The second-order valence-electron chi connectivity index (χ2n) is 5.48. The number of para-hydroxylation sites is 1. The van der Waals surface area contributed by atoms with E-state index in [0.29, 0.717) is 13.0 Å². The van der Waals surface area contributed by atoms with Gasteiger partial charge in [0, 0.05) is 13.1 Å². The summed E-state index contributed by atoms with van der Waals surface area (Å²) in [5, 5.41) is 10.1. The Morgan fingerprint density at radius 1 is 1.09 bits per heavy atom. The molecule has 1 N–H and O–H groups in total. The van der Waals surface area contributed by atoms with Crippen LogP contribution in [0.15, 0.2) is 42.5 Å². The predicted octanol–water partition coefficient (Wildman–Crippen LogP) is 3.18. The van der Waals surface area contributed by atoms with Crippen LogP contribution in [0.3, 0.4) is 0 Å². The van der Waals surface area contributed by atoms with Crippen LogP contribution in [0.5, 0.6) is 5.75 Å². The van der Waals surface area contributed by atoms with Gasteiger partial charge in [-0.05, 0) is 37.2 Å². The van der Waals surface area contributed by atoms with Gasteiger partial charge in [0.1, 0.15) is 17.4 Å². The maximum atomic E-state index is 13.7. The van der Waals surface area contributed by atoms with Crippen molar-refractivity contribution in [1.29, 1.82) is 0 Å². The molecule has 0 bridgehead atoms. The molecule has 1 unspecified atom stereocenters. The molecule has 0 heterocycles. The van der Waals surface area contributed by atoms with E-state index >= 15 is 0 Å². The van der Waals surface area contributed by atoms with Gasteiger partial charge in [-0.3, -0.25) is 0 Å². The fourth-order valence-corrected chi connectivity index (χ4v) is 2.53. The van der Waals surface area contributed by atoms with Gasteiger partial charge in [-0.1, -0.05) is 24.3 Å². The number of aliphatic hydroxyl groups is 1. The molecule has 124 valence electrons. The number of nitrogens with zero attached hydrogens (tertiary/aromatic N) is 1. The molecule has 0 aromatic heterocycles. The molecule has 2 aromatic rings. The molecular formula is C18H21F2NO2. The summed E-state index contributed by atoms with van der Waals surface area (Å²) in [6, 6.07) is 11.3. The van der Waals surface area contributed by atoms with Crippen molar-refractivity contribution in [2.24, 2.45) is 0 Å². The summed E-state index contributed by atoms with van der Waals surface area (Å²) in [4.78, 5) is 1.84. The highest BCUT2D eigenvalue weighted by Gasteiger charge is 2.19. The van der Waals surface area contributed by atoms with Crippen LogP contribution in [0.1, 0.15) is 17.2 Å². The predicted molar refractivity (Wildman–Crippen MR) is 85.5 cm³/mol. The van der Waals surface area contributed by atoms with Gasteiger partial charge >= 0.3 is 0 Å². The second kappa shape index (κ2) is 8.04. The van der Waals surface area contributed by atoms with Gasteiger partial charge in [0.05, 0.1) is 18.8 Å². The first-order valence-corrected chi connectivity index (χ1v) is 7.45. The van der Waals surface area contributed by atoms with E-state index < -0.39 is 17.7 Å². The van der Waals surface area contributed by atoms with Crippen LogP contribution < -0.4 is 4.74 Å². The quantitative estimate of drug-likeness (QED) is 0.850. The van der Waals surface area contributed by atoms with Crippen molar-refractivity contribution in [1.82, 2.24) is 4.90 Å². The monoisotopic (exact) mass is 321 g/mol. The number of methoxy groups -OCH3 is 1. The highest BCUT2D eigenvalue weighted by molar-refractivity contribution is 5.33. The van der Waals surface area contributed by atoms with E-state index in [0.717, 1.165) is 23.4 Å². The van der Waals surface area contributed by atoms with Crippen LogP contribution in [-0.2, 0) is 6.42 Å². The fraction of sp³-hybridized carbons (Fsp3) is 0.333. The lowest BCUT2D eigenvalue weighted by Gasteiger charge is -2.21. The molecule has 0 aliphatic carbocycles. The van der Waals surface area contributed by atoms with Crippen molar-refractivity contribution in [3.05, 3.63) is 65.2 Å². The van der Waals surface area contributed by atoms with Crippen molar-refractivity contribution in [2.45, 2.75) is 12.5 Å². The smallest absolute Gasteiger partial charge is 0.131 e. The van der Waals surface area contributed by atoms with E-state index in [4.69, 9.17) is 4.74 Å². The fourth-order valence-electron chi connectivity index (χ4n) is 2.53. The lowest BCUT2D eigenvalue weighted by atomic mass is 10.1. The number of rotatable bonds is 7. The van der Waals surface area contributed by atoms with Gasteiger partial charge in [0.25, 0.3) is 0 Å². The Morgan fingerprint density at radius 2 is 1.74 bits per heavy atom. The largest absolute Gasteiger partial charge is 0.496 e. The topological polar surface area (TPSA) is 32.7 Å². The van der Waals surface area contributed by atoms with Crippen molar-refractivity contribution >= 4 is 0 Å². The standard InChI is InChI=1S/C18H21F2NO2/c1-21(11-10-13-6-3-4-9-17(13)23-2)12-16(22)18-14(19)7-5-8-15(18)20/h3-9,16,22H,10-12H2,1-2H3. The molecule has 0 saturated carbocycles. The lowest BCUT2D eigenvalue weighted by Crippen LogP contribution is -2.27. The summed E-state index contributed by atoms with van der Waals surface area (Å²) in [5.41, 5.74) is 0.769. The summed E-state index contributed by atoms with van der Waals surface area (Å²) >= 11 is 0. The van der Waals surface area contributed by atoms with E-state index in [-0.39, 0.29) is 12.1 Å². The summed E-state index contributed by atoms with van der Waals surface area (Å²) in [6.07, 6.45) is -0.494. The van der Waals surface area contributed by atoms with Crippen LogP contribution in [0.2, 0.25) is 0 Å². The summed E-state index contributed by atoms with van der Waals surface area (Å²) < 4.78 is 32.6. The minimum absolute atomic E-state index is 0.146. The molecular weight excluding hydrogens is 300 g/mol. The Labute approximate surface area is 135 Å². The van der Waals surface area contributed by atoms with E-state index in [1.54, 1.807) is 14.2 Å². The number of ether oxygens (including phenoxy) is 1. The highest BCUT2D eigenvalue weighted by atomic mass is 19.1. The third kappa shape index (κ3) is 4.50. The van der Waals surface area contributed by atoms with Gasteiger partial charge in [-0.25, -0.2) is 8.78 Å². The van der Waals surface area contributed by atoms with Gasteiger partial charge in [-0.15, -0.1) is 0 Å². The summed E-state index contributed by atoms with van der Waals surface area (Å²) in [5.74, 6) is -0.646. The first-order chi connectivity index (χ1) is 11.0. The molecule has 0 amide bonds. The van der Waals surface area contributed by atoms with Gasteiger partial charge in [0.15, 0.2) is 0 Å². The normalized spacial score (nSPS) is 12.4. The zero-order valence-corrected chi connectivity index (χ0v) is 13.3. The second-order valence-corrected chi connectivity index (χ2v) is 5.48. The van der Waals surface area contributed by atoms with E-state index in [1.807, 2.05) is 29.2 Å². The number of hydrogen-bond acceptors (Lipinski definition) is 3. The number of benzene rings is 2. The minimum atomic E-state index is -1.21. The van der Waals surface area contributed by atoms with Gasteiger partial charge in [0.2, 0.25) is 0 Å². The Kier molecular flexibility index (Phi) is 6.07. The van der Waals surface area contributed by atoms with Crippen LogP contribution in [0.4, 0.5) is 8.78 Å². The molecule has 23 heavy (non-hydrogen) atoms. The zero-order chi connectivity index (χ0) is 16.8. The Balaban J connectivity index is 1.95. The minimum Gasteiger partial charge on any atom is -0.496 e. The average Bonchev–Trinajstić information content (AvgIpc) is 2.53. The lowest BCUT2D eigenvalue weighted by molar-refractivity contribution is 0.120. The van der Waals surface area contributed by atoms with Crippen LogP contribution >= 0.6 is 0 Å². The SMILES string of the molecule is COc1ccccc1CCN(C)CC(O)c1c(F)cccc1F. The highest BCUT2D eigenvalue weighted by Crippen LogP contribution is 2.22. The van der Waals surface area contributed by atoms with E-state index in [1.165, 1.54) is 6.07 Å². The molecule has 2 aromatic carbocycles. The third-order valence-electron chi connectivity index (χ3n) is 3.77. The first-order valence-electron chi connectivity index (χ1n) is 7.45. The third-order valence-corrected chi connectivity index (χ3v) is 3.77. The Morgan fingerprint density at radius 3 is 2.39 bits per heavy atom. The number of halogens is 2. The number of aliphatic hydroxyl groups excluding tert-OH is 1. The first kappa shape index (κ1) is 17.4. The molecule has 0 saturated heterocycles. The van der Waals surface area contributed by atoms with Gasteiger partial charge in [-0.2, -0.15) is 0 Å². The van der Waals surface area contributed by atoms with Crippen molar-refractivity contribution < 1.29 is 18.6 Å². The molecule has 0 aliphatic rings. The van der Waals surface area contributed by atoms with Crippen molar-refractivity contribution in [3.63, 3.8) is 0 Å². The number of likely N-dealkylation sites (N-methyl/N-ethyl adjacent to an activating group) is 1. The van der Waals surface area contributed by atoms with Crippen LogP contribution in [0, 0.1) is 11.6 Å². The number of hydrogen-bond donors (Lipinski definition) is 1. The maximum absolute atomic E-state index is 13.7. The molecule has 0 spiro atoms. The molecule has 1 atom stereocenters. The van der Waals surface area contributed by atoms with Crippen LogP contribution in [-0.4, -0.2) is 37.3 Å². The summed E-state index contributed by atoms with van der Waals surface area (Å²) in [7, 11) is 3.42. The maximum Gasteiger partial charge on any atom is 0.131 e. The van der Waals surface area contributed by atoms with Crippen LogP contribution in [0.25, 0.3) is 0 Å². The molecule has 0 radical (unpaired) electrons. The van der Waals surface area contributed by atoms with Crippen molar-refractivity contribution in [3.8, 4) is 5.75 Å². The summed E-state index contributed by atoms with van der Waals surface area (Å²) in [6.45, 7) is 0.778. The van der Waals surface area contributed by atoms with E-state index in [2.05, 4.69) is 0 Å². The average molecular weight is 321 g/mol. The zero-order valence-electron chi connectivity index (χ0n) is 13.3.